The summed E-state index contributed by atoms with van der Waals surface area (Å²) in [6.45, 7) is 17.3. The maximum Gasteiger partial charge on any atom is 0.416 e. The van der Waals surface area contributed by atoms with Crippen LogP contribution < -0.4 is 0 Å². The molecule has 226 valence electrons. The Morgan fingerprint density at radius 3 is 2.22 bits per heavy atom. The number of aromatic nitrogens is 1. The van der Waals surface area contributed by atoms with Gasteiger partial charge in [-0.25, -0.2) is 0 Å². The van der Waals surface area contributed by atoms with Gasteiger partial charge in [0.2, 0.25) is 0 Å². The molecule has 2 aromatic rings. The molecule has 0 bridgehead atoms. The number of hydrogen-bond acceptors (Lipinski definition) is 5. The molecule has 0 radical (unpaired) electrons. The number of nitrogens with zero attached hydrogens (tertiary/aromatic N) is 1. The molecule has 1 saturated heterocycles. The molecule has 5 nitrogen and oxygen atoms in total. The van der Waals surface area contributed by atoms with Crippen molar-refractivity contribution < 1.29 is 31.8 Å². The van der Waals surface area contributed by atoms with Gasteiger partial charge in [-0.3, -0.25) is 4.98 Å². The molecule has 9 heteroatoms. The van der Waals surface area contributed by atoms with Gasteiger partial charge >= 0.3 is 6.18 Å². The highest BCUT2D eigenvalue weighted by molar-refractivity contribution is 6.74. The summed E-state index contributed by atoms with van der Waals surface area (Å²) in [7, 11) is -0.529. The Kier molecular flexibility index (Phi) is 7.81. The number of halogens is 3. The zero-order valence-electron chi connectivity index (χ0n) is 25.6. The quantitative estimate of drug-likeness (QED) is 0.327. The second-order valence-electron chi connectivity index (χ2n) is 14.3. The molecular weight excluding hydrogens is 547 g/mol. The lowest BCUT2D eigenvalue weighted by Gasteiger charge is -2.46. The fourth-order valence-electron chi connectivity index (χ4n) is 6.48. The number of pyridine rings is 1. The molecule has 41 heavy (non-hydrogen) atoms. The van der Waals surface area contributed by atoms with E-state index in [0.29, 0.717) is 31.6 Å². The first-order valence-corrected chi connectivity index (χ1v) is 17.5. The third kappa shape index (κ3) is 5.65. The summed E-state index contributed by atoms with van der Waals surface area (Å²) in [6, 6.07) is 5.36. The molecule has 5 rings (SSSR count). The Labute approximate surface area is 243 Å². The number of hydrogen-bond donors (Lipinski definition) is 0. The molecule has 3 heterocycles. The Morgan fingerprint density at radius 2 is 1.66 bits per heavy atom. The van der Waals surface area contributed by atoms with Crippen LogP contribution in [0.3, 0.4) is 0 Å². The molecule has 1 aromatic heterocycles. The largest absolute Gasteiger partial charge is 0.416 e. The highest BCUT2D eigenvalue weighted by Gasteiger charge is 2.53. The van der Waals surface area contributed by atoms with Crippen LogP contribution >= 0.6 is 0 Å². The van der Waals surface area contributed by atoms with Gasteiger partial charge in [-0.15, -0.1) is 0 Å². The zero-order chi connectivity index (χ0) is 30.0. The van der Waals surface area contributed by atoms with Crippen LogP contribution in [0.5, 0.6) is 0 Å². The third-order valence-corrected chi connectivity index (χ3v) is 14.0. The molecular formula is C32H44F3NO4Si. The summed E-state index contributed by atoms with van der Waals surface area (Å²) in [4.78, 5) is 5.24. The maximum absolute atomic E-state index is 13.4. The molecule has 1 spiro atoms. The Morgan fingerprint density at radius 1 is 1.02 bits per heavy atom. The van der Waals surface area contributed by atoms with E-state index >= 15 is 0 Å². The van der Waals surface area contributed by atoms with Gasteiger partial charge in [-0.1, -0.05) is 46.8 Å². The number of alkyl halides is 3. The van der Waals surface area contributed by atoms with Crippen molar-refractivity contribution in [3.63, 3.8) is 0 Å². The summed E-state index contributed by atoms with van der Waals surface area (Å²) in [5.41, 5.74) is 4.34. The van der Waals surface area contributed by atoms with E-state index in [1.165, 1.54) is 0 Å². The van der Waals surface area contributed by atoms with Gasteiger partial charge in [-0.05, 0) is 59.6 Å². The minimum atomic E-state index is -4.40. The van der Waals surface area contributed by atoms with Gasteiger partial charge in [0, 0.05) is 50.0 Å². The number of ether oxygens (including phenoxy) is 3. The van der Waals surface area contributed by atoms with Crippen LogP contribution in [-0.4, -0.2) is 33.6 Å². The zero-order valence-corrected chi connectivity index (χ0v) is 26.6. The molecule has 3 aliphatic rings. The molecule has 2 atom stereocenters. The van der Waals surface area contributed by atoms with Gasteiger partial charge in [0.25, 0.3) is 0 Å². The third-order valence-electron chi connectivity index (χ3n) is 9.56. The average molecular weight is 592 g/mol. The van der Waals surface area contributed by atoms with Crippen LogP contribution in [-0.2, 0) is 43.4 Å². The van der Waals surface area contributed by atoms with E-state index in [1.807, 2.05) is 0 Å². The predicted molar refractivity (Wildman–Crippen MR) is 154 cm³/mol. The van der Waals surface area contributed by atoms with Crippen LogP contribution in [0.15, 0.2) is 24.3 Å². The first-order chi connectivity index (χ1) is 19.0. The number of benzene rings is 1. The van der Waals surface area contributed by atoms with Crippen LogP contribution in [0.2, 0.25) is 18.1 Å². The molecule has 1 aliphatic carbocycles. The van der Waals surface area contributed by atoms with Crippen molar-refractivity contribution in [3.8, 4) is 0 Å². The SMILES string of the molecule is COCc1nc2c(c3c1[C@@H](c1ccc(C(F)(F)F)cc1)OC31CCOCC1)[C@@H](O[Si](C)(C)C(C)(C)C)CC(C)(C)C2. The Bertz CT molecular complexity index is 1280. The number of rotatable bonds is 5. The molecule has 0 unspecified atom stereocenters. The first kappa shape index (κ1) is 30.7. The molecule has 2 aliphatic heterocycles. The molecule has 0 saturated carbocycles. The van der Waals surface area contributed by atoms with Crippen molar-refractivity contribution >= 4 is 8.32 Å². The van der Waals surface area contributed by atoms with Gasteiger partial charge in [-0.2, -0.15) is 13.2 Å². The smallest absolute Gasteiger partial charge is 0.410 e. The van der Waals surface area contributed by atoms with Crippen molar-refractivity contribution in [1.82, 2.24) is 4.98 Å². The topological polar surface area (TPSA) is 49.8 Å². The lowest BCUT2D eigenvalue weighted by molar-refractivity contribution is -0.137. The average Bonchev–Trinajstić information content (AvgIpc) is 3.17. The molecule has 1 fully saturated rings. The second kappa shape index (κ2) is 10.4. The fraction of sp³-hybridized carbons (Fsp3) is 0.656. The van der Waals surface area contributed by atoms with Crippen LogP contribution in [0.25, 0.3) is 0 Å². The van der Waals surface area contributed by atoms with Gasteiger partial charge < -0.3 is 18.6 Å². The highest BCUT2D eigenvalue weighted by atomic mass is 28.4. The summed E-state index contributed by atoms with van der Waals surface area (Å²) < 4.78 is 65.9. The molecule has 0 amide bonds. The van der Waals surface area contributed by atoms with Gasteiger partial charge in [0.05, 0.1) is 29.6 Å². The number of fused-ring (bicyclic) bond motifs is 4. The molecule has 1 aromatic carbocycles. The van der Waals surface area contributed by atoms with E-state index in [4.69, 9.17) is 23.6 Å². The Hall–Kier alpha value is -1.78. The second-order valence-corrected chi connectivity index (χ2v) is 19.0. The van der Waals surface area contributed by atoms with Gasteiger partial charge in [0.1, 0.15) is 6.10 Å². The standard InChI is InChI=1S/C32H44F3NO4Si/c1-29(2,3)41(7,8)40-24-18-30(4,5)17-22-25(24)27-26(23(36-22)19-37-6)28(39-31(27)13-15-38-16-14-31)20-9-11-21(12-10-20)32(33,34)35/h9-12,24,28H,13-19H2,1-8H3/t24-,28+/m0/s1. The summed E-state index contributed by atoms with van der Waals surface area (Å²) in [5.74, 6) is 0. The van der Waals surface area contributed by atoms with Crippen molar-refractivity contribution in [2.24, 2.45) is 5.41 Å². The van der Waals surface area contributed by atoms with Gasteiger partial charge in [0.15, 0.2) is 8.32 Å². The monoisotopic (exact) mass is 591 g/mol. The summed E-state index contributed by atoms with van der Waals surface area (Å²) in [6.07, 6.45) is -2.12. The first-order valence-electron chi connectivity index (χ1n) is 14.6. The van der Waals surface area contributed by atoms with Crippen molar-refractivity contribution in [1.29, 1.82) is 0 Å². The summed E-state index contributed by atoms with van der Waals surface area (Å²) >= 11 is 0. The fourth-order valence-corrected chi connectivity index (χ4v) is 7.74. The minimum absolute atomic E-state index is 0.0132. The summed E-state index contributed by atoms with van der Waals surface area (Å²) in [5, 5.41) is 0.0248. The lowest BCUT2D eigenvalue weighted by Crippen LogP contribution is -2.45. The Balaban J connectivity index is 1.75. The molecule has 0 N–H and O–H groups in total. The maximum atomic E-state index is 13.4. The van der Waals surface area contributed by atoms with E-state index in [9.17, 15) is 13.2 Å². The highest BCUT2D eigenvalue weighted by Crippen LogP contribution is 2.58. The van der Waals surface area contributed by atoms with Crippen LogP contribution in [0.1, 0.15) is 105 Å². The van der Waals surface area contributed by atoms with E-state index in [0.717, 1.165) is 53.1 Å². The van der Waals surface area contributed by atoms with Crippen molar-refractivity contribution in [3.05, 3.63) is 63.5 Å². The predicted octanol–water partition coefficient (Wildman–Crippen LogP) is 8.41. The van der Waals surface area contributed by atoms with Crippen molar-refractivity contribution in [2.75, 3.05) is 20.3 Å². The minimum Gasteiger partial charge on any atom is -0.410 e. The normalized spacial score (nSPS) is 23.9. The van der Waals surface area contributed by atoms with E-state index < -0.39 is 31.8 Å². The lowest BCUT2D eigenvalue weighted by atomic mass is 9.70. The van der Waals surface area contributed by atoms with E-state index in [-0.39, 0.29) is 23.2 Å². The van der Waals surface area contributed by atoms with Crippen molar-refractivity contribution in [2.45, 2.75) is 109 Å². The number of methoxy groups -OCH3 is 1. The van der Waals surface area contributed by atoms with Crippen LogP contribution in [0.4, 0.5) is 13.2 Å². The van der Waals surface area contributed by atoms with Crippen LogP contribution in [0, 0.1) is 5.41 Å². The van der Waals surface area contributed by atoms with E-state index in [2.05, 4.69) is 47.7 Å². The van der Waals surface area contributed by atoms with E-state index in [1.54, 1.807) is 19.2 Å².